The minimum absolute atomic E-state index is 0.221. The summed E-state index contributed by atoms with van der Waals surface area (Å²) in [4.78, 5) is 2.64. The molecule has 0 aliphatic heterocycles. The van der Waals surface area contributed by atoms with Gasteiger partial charge in [-0.15, -0.1) is 0 Å². The Bertz CT molecular complexity index is 347. The highest BCUT2D eigenvalue weighted by molar-refractivity contribution is 7.07. The Balaban J connectivity index is 2.87. The van der Waals surface area contributed by atoms with Crippen molar-refractivity contribution in [3.8, 4) is 0 Å². The van der Waals surface area contributed by atoms with Crippen LogP contribution in [0.1, 0.15) is 65.5 Å². The van der Waals surface area contributed by atoms with Crippen molar-refractivity contribution in [3.05, 3.63) is 22.4 Å². The van der Waals surface area contributed by atoms with E-state index >= 15 is 0 Å². The number of hydrogen-bond donors (Lipinski definition) is 1. The van der Waals surface area contributed by atoms with Gasteiger partial charge in [0.1, 0.15) is 0 Å². The summed E-state index contributed by atoms with van der Waals surface area (Å²) >= 11 is 1.78. The van der Waals surface area contributed by atoms with Gasteiger partial charge in [-0.3, -0.25) is 4.90 Å². The molecule has 0 amide bonds. The average Bonchev–Trinajstić information content (AvgIpc) is 2.94. The van der Waals surface area contributed by atoms with Crippen molar-refractivity contribution in [2.24, 2.45) is 17.6 Å². The Hall–Kier alpha value is -0.380. The van der Waals surface area contributed by atoms with Crippen LogP contribution in [0.2, 0.25) is 0 Å². The molecular weight excluding hydrogens is 276 g/mol. The lowest BCUT2D eigenvalue weighted by Crippen LogP contribution is -2.42. The Morgan fingerprint density at radius 2 is 1.67 bits per heavy atom. The summed E-state index contributed by atoms with van der Waals surface area (Å²) in [6, 6.07) is 2.85. The maximum atomic E-state index is 6.49. The van der Waals surface area contributed by atoms with Crippen LogP contribution in [0.15, 0.2) is 16.8 Å². The predicted molar refractivity (Wildman–Crippen MR) is 95.8 cm³/mol. The number of rotatable bonds is 10. The third-order valence-corrected chi connectivity index (χ3v) is 4.84. The zero-order valence-corrected chi connectivity index (χ0v) is 15.3. The molecule has 0 saturated heterocycles. The van der Waals surface area contributed by atoms with E-state index in [-0.39, 0.29) is 6.04 Å². The van der Waals surface area contributed by atoms with Crippen LogP contribution in [0.4, 0.5) is 0 Å². The molecule has 0 saturated carbocycles. The molecule has 1 heterocycles. The van der Waals surface area contributed by atoms with Gasteiger partial charge in [0.15, 0.2) is 0 Å². The second-order valence-corrected chi connectivity index (χ2v) is 7.75. The zero-order valence-electron chi connectivity index (χ0n) is 14.5. The van der Waals surface area contributed by atoms with Crippen molar-refractivity contribution in [1.29, 1.82) is 0 Å². The van der Waals surface area contributed by atoms with Crippen molar-refractivity contribution in [1.82, 2.24) is 4.90 Å². The second-order valence-electron chi connectivity index (χ2n) is 6.97. The van der Waals surface area contributed by atoms with E-state index in [4.69, 9.17) is 5.73 Å². The predicted octanol–water partition coefficient (Wildman–Crippen LogP) is 4.92. The maximum Gasteiger partial charge on any atom is 0.0507 e. The summed E-state index contributed by atoms with van der Waals surface area (Å²) in [5, 5.41) is 4.45. The highest BCUT2D eigenvalue weighted by atomic mass is 32.1. The van der Waals surface area contributed by atoms with Crippen molar-refractivity contribution in [2.45, 2.75) is 66.0 Å². The minimum atomic E-state index is 0.221. The molecule has 2 atom stereocenters. The van der Waals surface area contributed by atoms with E-state index in [1.807, 2.05) is 0 Å². The third kappa shape index (κ3) is 6.50. The van der Waals surface area contributed by atoms with Crippen LogP contribution < -0.4 is 5.73 Å². The molecule has 0 radical (unpaired) electrons. The van der Waals surface area contributed by atoms with Crippen LogP contribution in [-0.2, 0) is 0 Å². The zero-order chi connectivity index (χ0) is 15.8. The summed E-state index contributed by atoms with van der Waals surface area (Å²) in [6.07, 6.45) is 3.52. The summed E-state index contributed by atoms with van der Waals surface area (Å²) in [7, 11) is 0. The maximum absolute atomic E-state index is 6.49. The minimum Gasteiger partial charge on any atom is -0.326 e. The van der Waals surface area contributed by atoms with Crippen molar-refractivity contribution in [2.75, 3.05) is 13.1 Å². The topological polar surface area (TPSA) is 29.3 Å². The number of thiophene rings is 1. The molecule has 1 aromatic heterocycles. The van der Waals surface area contributed by atoms with Crippen molar-refractivity contribution < 1.29 is 0 Å². The first-order chi connectivity index (χ1) is 9.95. The van der Waals surface area contributed by atoms with Gasteiger partial charge >= 0.3 is 0 Å². The van der Waals surface area contributed by atoms with Gasteiger partial charge in [0.2, 0.25) is 0 Å². The van der Waals surface area contributed by atoms with E-state index in [0.717, 1.165) is 31.3 Å². The quantitative estimate of drug-likeness (QED) is 0.664. The first-order valence-electron chi connectivity index (χ1n) is 8.47. The third-order valence-electron chi connectivity index (χ3n) is 4.14. The number of nitrogens with two attached hydrogens (primary N) is 1. The fraction of sp³-hybridized carbons (Fsp3) is 0.778. The Kier molecular flexibility index (Phi) is 8.53. The summed E-state index contributed by atoms with van der Waals surface area (Å²) in [6.45, 7) is 13.7. The van der Waals surface area contributed by atoms with Crippen LogP contribution in [0.25, 0.3) is 0 Å². The van der Waals surface area contributed by atoms with Gasteiger partial charge in [0, 0.05) is 6.04 Å². The Morgan fingerprint density at radius 3 is 2.05 bits per heavy atom. The van der Waals surface area contributed by atoms with Crippen LogP contribution >= 0.6 is 11.3 Å². The van der Waals surface area contributed by atoms with Gasteiger partial charge in [-0.2, -0.15) is 11.3 Å². The molecule has 122 valence electrons. The van der Waals surface area contributed by atoms with E-state index in [9.17, 15) is 0 Å². The smallest absolute Gasteiger partial charge is 0.0507 e. The van der Waals surface area contributed by atoms with E-state index in [1.165, 1.54) is 18.4 Å². The van der Waals surface area contributed by atoms with Gasteiger partial charge in [-0.25, -0.2) is 0 Å². The van der Waals surface area contributed by atoms with Gasteiger partial charge < -0.3 is 5.73 Å². The van der Waals surface area contributed by atoms with Crippen LogP contribution in [0.3, 0.4) is 0 Å². The largest absolute Gasteiger partial charge is 0.326 e. The molecule has 0 aromatic carbocycles. The van der Waals surface area contributed by atoms with E-state index < -0.39 is 0 Å². The molecule has 3 heteroatoms. The van der Waals surface area contributed by atoms with Crippen LogP contribution in [0, 0.1) is 11.8 Å². The molecule has 2 unspecified atom stereocenters. The first kappa shape index (κ1) is 18.7. The van der Waals surface area contributed by atoms with Gasteiger partial charge in [-0.1, -0.05) is 34.6 Å². The lowest BCUT2D eigenvalue weighted by molar-refractivity contribution is 0.153. The Morgan fingerprint density at radius 1 is 1.10 bits per heavy atom. The molecule has 0 spiro atoms. The summed E-state index contributed by atoms with van der Waals surface area (Å²) in [5.41, 5.74) is 7.89. The fourth-order valence-corrected chi connectivity index (χ4v) is 3.32. The van der Waals surface area contributed by atoms with E-state index in [1.54, 1.807) is 11.3 Å². The molecular formula is C18H34N2S. The standard InChI is InChI=1S/C18H34N2S/c1-6-17(19)18(16-9-12-21-13-16)20(10-7-14(2)3)11-8-15(4)5/h9,12-15,17-18H,6-8,10-11,19H2,1-5H3. The molecule has 1 aromatic rings. The van der Waals surface area contributed by atoms with Gasteiger partial charge in [0.05, 0.1) is 6.04 Å². The molecule has 2 N–H and O–H groups in total. The molecule has 0 aliphatic carbocycles. The summed E-state index contributed by atoms with van der Waals surface area (Å²) in [5.74, 6) is 1.49. The highest BCUT2D eigenvalue weighted by Crippen LogP contribution is 2.28. The van der Waals surface area contributed by atoms with Gasteiger partial charge in [-0.05, 0) is 66.6 Å². The second kappa shape index (κ2) is 9.60. The van der Waals surface area contributed by atoms with Gasteiger partial charge in [0.25, 0.3) is 0 Å². The van der Waals surface area contributed by atoms with Crippen LogP contribution in [0.5, 0.6) is 0 Å². The highest BCUT2D eigenvalue weighted by Gasteiger charge is 2.26. The Labute approximate surface area is 135 Å². The van der Waals surface area contributed by atoms with E-state index in [2.05, 4.69) is 56.3 Å². The first-order valence-corrected chi connectivity index (χ1v) is 9.41. The normalized spacial score (nSPS) is 15.1. The fourth-order valence-electron chi connectivity index (χ4n) is 2.63. The molecule has 1 rings (SSSR count). The van der Waals surface area contributed by atoms with Crippen molar-refractivity contribution >= 4 is 11.3 Å². The van der Waals surface area contributed by atoms with Crippen LogP contribution in [-0.4, -0.2) is 24.0 Å². The molecule has 0 aliphatic rings. The number of nitrogens with zero attached hydrogens (tertiary/aromatic N) is 1. The molecule has 0 fully saturated rings. The lowest BCUT2D eigenvalue weighted by Gasteiger charge is -2.36. The molecule has 2 nitrogen and oxygen atoms in total. The van der Waals surface area contributed by atoms with Crippen molar-refractivity contribution in [3.63, 3.8) is 0 Å². The lowest BCUT2D eigenvalue weighted by atomic mass is 9.96. The molecule has 0 bridgehead atoms. The molecule has 21 heavy (non-hydrogen) atoms. The average molecular weight is 311 g/mol. The monoisotopic (exact) mass is 310 g/mol. The van der Waals surface area contributed by atoms with E-state index in [0.29, 0.717) is 6.04 Å². The SMILES string of the molecule is CCC(N)C(c1ccsc1)N(CCC(C)C)CCC(C)C. The summed E-state index contributed by atoms with van der Waals surface area (Å²) < 4.78 is 0. The number of hydrogen-bond acceptors (Lipinski definition) is 3.